The SMILES string of the molecule is Cc1cnc(=O)[nH]c1-c1ccc(F)c(F)c1F. The first-order valence-electron chi connectivity index (χ1n) is 4.70. The molecule has 0 atom stereocenters. The number of H-pyrrole nitrogens is 1. The van der Waals surface area contributed by atoms with Gasteiger partial charge in [-0.15, -0.1) is 0 Å². The topological polar surface area (TPSA) is 45.8 Å². The molecule has 88 valence electrons. The summed E-state index contributed by atoms with van der Waals surface area (Å²) in [7, 11) is 0. The second-order valence-electron chi connectivity index (χ2n) is 3.47. The summed E-state index contributed by atoms with van der Waals surface area (Å²) in [5.41, 5.74) is -0.355. The van der Waals surface area contributed by atoms with E-state index in [-0.39, 0.29) is 11.3 Å². The average molecular weight is 240 g/mol. The van der Waals surface area contributed by atoms with Gasteiger partial charge in [-0.05, 0) is 24.6 Å². The van der Waals surface area contributed by atoms with Crippen molar-refractivity contribution >= 4 is 0 Å². The Hall–Kier alpha value is -2.11. The molecule has 1 N–H and O–H groups in total. The summed E-state index contributed by atoms with van der Waals surface area (Å²) in [6.07, 6.45) is 1.23. The van der Waals surface area contributed by atoms with E-state index in [9.17, 15) is 18.0 Å². The molecule has 2 rings (SSSR count). The molecule has 3 nitrogen and oxygen atoms in total. The third-order valence-electron chi connectivity index (χ3n) is 2.31. The number of benzene rings is 1. The Balaban J connectivity index is 2.73. The molecule has 17 heavy (non-hydrogen) atoms. The highest BCUT2D eigenvalue weighted by Crippen LogP contribution is 2.25. The highest BCUT2D eigenvalue weighted by atomic mass is 19.2. The van der Waals surface area contributed by atoms with Gasteiger partial charge in [-0.3, -0.25) is 0 Å². The lowest BCUT2D eigenvalue weighted by molar-refractivity contribution is 0.448. The minimum Gasteiger partial charge on any atom is -0.305 e. The first kappa shape index (κ1) is 11.4. The van der Waals surface area contributed by atoms with Crippen LogP contribution in [-0.2, 0) is 0 Å². The van der Waals surface area contributed by atoms with Gasteiger partial charge < -0.3 is 4.98 Å². The van der Waals surface area contributed by atoms with Crippen LogP contribution in [0.5, 0.6) is 0 Å². The molecule has 0 aliphatic heterocycles. The van der Waals surface area contributed by atoms with Gasteiger partial charge in [0.15, 0.2) is 17.5 Å². The van der Waals surface area contributed by atoms with Crippen molar-refractivity contribution in [1.29, 1.82) is 0 Å². The maximum Gasteiger partial charge on any atom is 0.345 e. The van der Waals surface area contributed by atoms with Gasteiger partial charge in [0.05, 0.1) is 5.69 Å². The Morgan fingerprint density at radius 3 is 2.59 bits per heavy atom. The predicted molar refractivity (Wildman–Crippen MR) is 54.9 cm³/mol. The first-order chi connectivity index (χ1) is 8.00. The molecule has 0 spiro atoms. The molecule has 0 saturated carbocycles. The van der Waals surface area contributed by atoms with Crippen molar-refractivity contribution in [2.75, 3.05) is 0 Å². The highest BCUT2D eigenvalue weighted by molar-refractivity contribution is 5.62. The van der Waals surface area contributed by atoms with Crippen molar-refractivity contribution in [1.82, 2.24) is 9.97 Å². The number of nitrogens with zero attached hydrogens (tertiary/aromatic N) is 1. The summed E-state index contributed by atoms with van der Waals surface area (Å²) in [4.78, 5) is 16.7. The molecular formula is C11H7F3N2O. The van der Waals surface area contributed by atoms with Crippen LogP contribution in [0.4, 0.5) is 13.2 Å². The number of hydrogen-bond donors (Lipinski definition) is 1. The largest absolute Gasteiger partial charge is 0.345 e. The first-order valence-corrected chi connectivity index (χ1v) is 4.70. The molecule has 0 unspecified atom stereocenters. The Morgan fingerprint density at radius 1 is 1.18 bits per heavy atom. The van der Waals surface area contributed by atoms with Crippen molar-refractivity contribution < 1.29 is 13.2 Å². The van der Waals surface area contributed by atoms with E-state index in [1.165, 1.54) is 6.20 Å². The fraction of sp³-hybridized carbons (Fsp3) is 0.0909. The van der Waals surface area contributed by atoms with Gasteiger partial charge in [-0.25, -0.2) is 22.9 Å². The Kier molecular flexibility index (Phi) is 2.71. The van der Waals surface area contributed by atoms with Crippen LogP contribution >= 0.6 is 0 Å². The number of aromatic amines is 1. The quantitative estimate of drug-likeness (QED) is 0.776. The molecule has 0 bridgehead atoms. The zero-order chi connectivity index (χ0) is 12.6. The molecule has 6 heteroatoms. The molecule has 0 fully saturated rings. The number of hydrogen-bond acceptors (Lipinski definition) is 2. The van der Waals surface area contributed by atoms with Gasteiger partial charge in [0, 0.05) is 11.8 Å². The lowest BCUT2D eigenvalue weighted by atomic mass is 10.1. The van der Waals surface area contributed by atoms with Crippen LogP contribution in [-0.4, -0.2) is 9.97 Å². The Labute approximate surface area is 94.0 Å². The summed E-state index contributed by atoms with van der Waals surface area (Å²) in [6.45, 7) is 1.57. The normalized spacial score (nSPS) is 10.6. The molecular weight excluding hydrogens is 233 g/mol. The molecule has 0 radical (unpaired) electrons. The van der Waals surface area contributed by atoms with Gasteiger partial charge >= 0.3 is 5.69 Å². The second-order valence-corrected chi connectivity index (χ2v) is 3.47. The van der Waals surface area contributed by atoms with Crippen LogP contribution in [0.15, 0.2) is 23.1 Å². The molecule has 1 aromatic heterocycles. The summed E-state index contributed by atoms with van der Waals surface area (Å²) in [5, 5.41) is 0. The van der Waals surface area contributed by atoms with Crippen LogP contribution in [0.25, 0.3) is 11.3 Å². The average Bonchev–Trinajstić information content (AvgIpc) is 2.30. The van der Waals surface area contributed by atoms with Crippen LogP contribution in [0, 0.1) is 24.4 Å². The Morgan fingerprint density at radius 2 is 1.88 bits per heavy atom. The molecule has 0 saturated heterocycles. The van der Waals surface area contributed by atoms with E-state index in [4.69, 9.17) is 0 Å². The smallest absolute Gasteiger partial charge is 0.305 e. The van der Waals surface area contributed by atoms with Gasteiger partial charge in [0.25, 0.3) is 0 Å². The number of rotatable bonds is 1. The highest BCUT2D eigenvalue weighted by Gasteiger charge is 2.16. The lowest BCUT2D eigenvalue weighted by Gasteiger charge is -2.06. The van der Waals surface area contributed by atoms with Crippen molar-refractivity contribution in [2.24, 2.45) is 0 Å². The van der Waals surface area contributed by atoms with Gasteiger partial charge in [-0.2, -0.15) is 0 Å². The van der Waals surface area contributed by atoms with Gasteiger partial charge in [0.1, 0.15) is 0 Å². The summed E-state index contributed by atoms with van der Waals surface area (Å²) in [5.74, 6) is -4.19. The minimum atomic E-state index is -1.57. The molecule has 2 aromatic rings. The number of aromatic nitrogens is 2. The third kappa shape index (κ3) is 1.93. The molecule has 1 aromatic carbocycles. The van der Waals surface area contributed by atoms with Gasteiger partial charge in [-0.1, -0.05) is 0 Å². The number of nitrogens with one attached hydrogen (secondary N) is 1. The second kappa shape index (κ2) is 4.04. The number of halogens is 3. The van der Waals surface area contributed by atoms with Crippen LogP contribution in [0.2, 0.25) is 0 Å². The molecule has 0 aliphatic rings. The van der Waals surface area contributed by atoms with E-state index in [0.717, 1.165) is 12.1 Å². The van der Waals surface area contributed by atoms with E-state index in [0.29, 0.717) is 5.56 Å². The maximum absolute atomic E-state index is 13.5. The van der Waals surface area contributed by atoms with E-state index in [2.05, 4.69) is 9.97 Å². The summed E-state index contributed by atoms with van der Waals surface area (Å²) >= 11 is 0. The van der Waals surface area contributed by atoms with E-state index in [1.54, 1.807) is 6.92 Å². The molecule has 0 aliphatic carbocycles. The van der Waals surface area contributed by atoms with Gasteiger partial charge in [0.2, 0.25) is 0 Å². The lowest BCUT2D eigenvalue weighted by Crippen LogP contribution is -2.12. The number of aryl methyl sites for hydroxylation is 1. The zero-order valence-electron chi connectivity index (χ0n) is 8.72. The van der Waals surface area contributed by atoms with E-state index in [1.807, 2.05) is 0 Å². The maximum atomic E-state index is 13.5. The summed E-state index contributed by atoms with van der Waals surface area (Å²) in [6, 6.07) is 1.86. The third-order valence-corrected chi connectivity index (χ3v) is 2.31. The van der Waals surface area contributed by atoms with Crippen LogP contribution < -0.4 is 5.69 Å². The standard InChI is InChI=1S/C11H7F3N2O/c1-5-4-15-11(17)16-10(5)6-2-3-7(12)9(14)8(6)13/h2-4H,1H3,(H,15,16,17). The fourth-order valence-corrected chi connectivity index (χ4v) is 1.46. The zero-order valence-corrected chi connectivity index (χ0v) is 8.72. The minimum absolute atomic E-state index is 0.0846. The fourth-order valence-electron chi connectivity index (χ4n) is 1.46. The predicted octanol–water partition coefficient (Wildman–Crippen LogP) is 2.16. The van der Waals surface area contributed by atoms with E-state index >= 15 is 0 Å². The van der Waals surface area contributed by atoms with Crippen molar-refractivity contribution in [2.45, 2.75) is 6.92 Å². The summed E-state index contributed by atoms with van der Waals surface area (Å²) < 4.78 is 39.3. The monoisotopic (exact) mass is 240 g/mol. The van der Waals surface area contributed by atoms with Crippen LogP contribution in [0.3, 0.4) is 0 Å². The van der Waals surface area contributed by atoms with Crippen molar-refractivity contribution in [3.8, 4) is 11.3 Å². The van der Waals surface area contributed by atoms with Crippen molar-refractivity contribution in [3.05, 3.63) is 51.8 Å². The van der Waals surface area contributed by atoms with E-state index < -0.39 is 23.1 Å². The Bertz CT molecular complexity index is 637. The molecule has 1 heterocycles. The molecule has 0 amide bonds. The van der Waals surface area contributed by atoms with Crippen LogP contribution in [0.1, 0.15) is 5.56 Å². The van der Waals surface area contributed by atoms with Crippen molar-refractivity contribution in [3.63, 3.8) is 0 Å².